The van der Waals surface area contributed by atoms with Crippen molar-refractivity contribution >= 4 is 16.0 Å². The summed E-state index contributed by atoms with van der Waals surface area (Å²) in [5.74, 6) is -0.810. The average molecular weight is 300 g/mol. The second kappa shape index (κ2) is 5.21. The Morgan fingerprint density at radius 3 is 2.53 bits per heavy atom. The van der Waals surface area contributed by atoms with Crippen molar-refractivity contribution in [2.24, 2.45) is 0 Å². The smallest absolute Gasteiger partial charge is 0.402 e. The van der Waals surface area contributed by atoms with E-state index in [9.17, 15) is 26.4 Å². The lowest BCUT2D eigenvalue weighted by Crippen LogP contribution is -2.33. The van der Waals surface area contributed by atoms with Gasteiger partial charge in [0.1, 0.15) is 17.1 Å². The molecule has 6 nitrogen and oxygen atoms in total. The molecule has 0 bridgehead atoms. The number of sulfonamides is 1. The molecule has 1 rings (SSSR count). The molecule has 10 heteroatoms. The Hall–Kier alpha value is -1.55. The summed E-state index contributed by atoms with van der Waals surface area (Å²) in [5, 5.41) is 0. The fourth-order valence-electron chi connectivity index (χ4n) is 1.33. The zero-order valence-corrected chi connectivity index (χ0v) is 10.8. The molecular weight excluding hydrogens is 289 g/mol. The summed E-state index contributed by atoms with van der Waals surface area (Å²) in [7, 11) is -3.26. The molecule has 0 saturated carbocycles. The highest BCUT2D eigenvalue weighted by Gasteiger charge is 2.31. The van der Waals surface area contributed by atoms with Crippen LogP contribution in [-0.4, -0.2) is 39.2 Å². The van der Waals surface area contributed by atoms with Crippen LogP contribution in [0.4, 0.5) is 13.2 Å². The zero-order valence-electron chi connectivity index (χ0n) is 9.96. The second-order valence-corrected chi connectivity index (χ2v) is 5.32. The van der Waals surface area contributed by atoms with Crippen LogP contribution in [0.1, 0.15) is 16.1 Å². The van der Waals surface area contributed by atoms with Gasteiger partial charge in [0.2, 0.25) is 10.0 Å². The minimum Gasteiger partial charge on any atom is -0.464 e. The molecular formula is C9H11F3N2O4S. The van der Waals surface area contributed by atoms with Crippen LogP contribution in [0.15, 0.2) is 11.1 Å². The van der Waals surface area contributed by atoms with E-state index in [2.05, 4.69) is 9.72 Å². The number of halogens is 3. The molecule has 0 aliphatic carbocycles. The van der Waals surface area contributed by atoms with E-state index in [1.165, 1.54) is 11.6 Å². The maximum atomic E-state index is 12.0. The standard InChI is InChI=1S/C9H11F3N2O4S/c1-5-6(3-13-7(5)8(15)18-2)19(16,17)14-4-9(10,11)12/h3,13-14H,4H2,1-2H3. The molecule has 0 aliphatic rings. The fourth-order valence-corrected chi connectivity index (χ4v) is 2.55. The van der Waals surface area contributed by atoms with E-state index in [1.807, 2.05) is 0 Å². The fraction of sp³-hybridized carbons (Fsp3) is 0.444. The van der Waals surface area contributed by atoms with Crippen molar-refractivity contribution in [2.45, 2.75) is 18.0 Å². The normalized spacial score (nSPS) is 12.5. The van der Waals surface area contributed by atoms with Gasteiger partial charge in [-0.3, -0.25) is 0 Å². The third-order valence-electron chi connectivity index (χ3n) is 2.23. The van der Waals surface area contributed by atoms with E-state index >= 15 is 0 Å². The number of aromatic amines is 1. The number of hydrogen-bond donors (Lipinski definition) is 2. The Kier molecular flexibility index (Phi) is 4.25. The molecule has 108 valence electrons. The first-order chi connectivity index (χ1) is 8.58. The zero-order chi connectivity index (χ0) is 14.8. The summed E-state index contributed by atoms with van der Waals surface area (Å²) < 4.78 is 65.0. The number of carbonyl (C=O) groups excluding carboxylic acids is 1. The van der Waals surface area contributed by atoms with E-state index in [0.29, 0.717) is 0 Å². The van der Waals surface area contributed by atoms with Gasteiger partial charge in [-0.05, 0) is 6.92 Å². The third kappa shape index (κ3) is 3.70. The van der Waals surface area contributed by atoms with Crippen LogP contribution in [0.25, 0.3) is 0 Å². The van der Waals surface area contributed by atoms with Gasteiger partial charge in [-0.1, -0.05) is 0 Å². The predicted octanol–water partition coefficient (Wildman–Crippen LogP) is 0.950. The summed E-state index contributed by atoms with van der Waals surface area (Å²) >= 11 is 0. The Bertz CT molecular complexity index is 577. The first-order valence-corrected chi connectivity index (χ1v) is 6.39. The molecule has 19 heavy (non-hydrogen) atoms. The highest BCUT2D eigenvalue weighted by Crippen LogP contribution is 2.20. The third-order valence-corrected chi connectivity index (χ3v) is 3.76. The molecule has 0 aromatic carbocycles. The summed E-state index contributed by atoms with van der Waals surface area (Å²) in [5.41, 5.74) is -0.142. The van der Waals surface area contributed by atoms with E-state index in [-0.39, 0.29) is 11.3 Å². The van der Waals surface area contributed by atoms with Gasteiger partial charge < -0.3 is 9.72 Å². The molecule has 0 fully saturated rings. The van der Waals surface area contributed by atoms with Crippen LogP contribution in [0.2, 0.25) is 0 Å². The van der Waals surface area contributed by atoms with Crippen molar-refractivity contribution in [3.05, 3.63) is 17.5 Å². The lowest BCUT2D eigenvalue weighted by Gasteiger charge is -2.08. The molecule has 0 aliphatic heterocycles. The number of carbonyl (C=O) groups is 1. The van der Waals surface area contributed by atoms with Crippen molar-refractivity contribution < 1.29 is 31.1 Å². The number of rotatable bonds is 4. The Morgan fingerprint density at radius 2 is 2.05 bits per heavy atom. The number of esters is 1. The summed E-state index contributed by atoms with van der Waals surface area (Å²) in [6, 6.07) is 0. The Morgan fingerprint density at radius 1 is 1.47 bits per heavy atom. The van der Waals surface area contributed by atoms with Crippen LogP contribution in [0, 0.1) is 6.92 Å². The van der Waals surface area contributed by atoms with Crippen molar-refractivity contribution in [3.8, 4) is 0 Å². The first kappa shape index (κ1) is 15.5. The van der Waals surface area contributed by atoms with Crippen LogP contribution in [0.5, 0.6) is 0 Å². The number of nitrogens with one attached hydrogen (secondary N) is 2. The maximum absolute atomic E-state index is 12.0. The molecule has 0 unspecified atom stereocenters. The van der Waals surface area contributed by atoms with Crippen molar-refractivity contribution in [2.75, 3.05) is 13.7 Å². The Labute approximate surface area is 107 Å². The van der Waals surface area contributed by atoms with Crippen LogP contribution in [-0.2, 0) is 14.8 Å². The van der Waals surface area contributed by atoms with Gasteiger partial charge in [-0.25, -0.2) is 17.9 Å². The molecule has 0 spiro atoms. The molecule has 0 radical (unpaired) electrons. The largest absolute Gasteiger partial charge is 0.464 e. The first-order valence-electron chi connectivity index (χ1n) is 4.91. The lowest BCUT2D eigenvalue weighted by molar-refractivity contribution is -0.121. The molecule has 1 aromatic rings. The van der Waals surface area contributed by atoms with E-state index in [1.54, 1.807) is 0 Å². The molecule has 0 saturated heterocycles. The SMILES string of the molecule is COC(=O)c1[nH]cc(S(=O)(=O)NCC(F)(F)F)c1C. The van der Waals surface area contributed by atoms with Crippen molar-refractivity contribution in [1.29, 1.82) is 0 Å². The van der Waals surface area contributed by atoms with Gasteiger partial charge >= 0.3 is 12.1 Å². The monoisotopic (exact) mass is 300 g/mol. The number of alkyl halides is 3. The topological polar surface area (TPSA) is 88.3 Å². The predicted molar refractivity (Wildman–Crippen MR) is 58.1 cm³/mol. The number of H-pyrrole nitrogens is 1. The van der Waals surface area contributed by atoms with Gasteiger partial charge in [-0.15, -0.1) is 0 Å². The van der Waals surface area contributed by atoms with Gasteiger partial charge in [0.25, 0.3) is 0 Å². The molecule has 1 heterocycles. The highest BCUT2D eigenvalue weighted by atomic mass is 32.2. The maximum Gasteiger partial charge on any atom is 0.402 e. The van der Waals surface area contributed by atoms with Crippen LogP contribution < -0.4 is 4.72 Å². The van der Waals surface area contributed by atoms with Crippen LogP contribution >= 0.6 is 0 Å². The van der Waals surface area contributed by atoms with Gasteiger partial charge in [-0.2, -0.15) is 13.2 Å². The van der Waals surface area contributed by atoms with Crippen LogP contribution in [0.3, 0.4) is 0 Å². The van der Waals surface area contributed by atoms with Gasteiger partial charge in [0, 0.05) is 11.8 Å². The van der Waals surface area contributed by atoms with E-state index in [4.69, 9.17) is 0 Å². The number of hydrogen-bond acceptors (Lipinski definition) is 4. The average Bonchev–Trinajstić information content (AvgIpc) is 2.67. The molecule has 1 aromatic heterocycles. The highest BCUT2D eigenvalue weighted by molar-refractivity contribution is 7.89. The molecule has 0 atom stereocenters. The van der Waals surface area contributed by atoms with Crippen molar-refractivity contribution in [3.63, 3.8) is 0 Å². The number of ether oxygens (including phenoxy) is 1. The summed E-state index contributed by atoms with van der Waals surface area (Å²) in [6.07, 6.45) is -3.73. The quantitative estimate of drug-likeness (QED) is 0.810. The summed E-state index contributed by atoms with van der Waals surface area (Å²) in [6.45, 7) is -0.404. The van der Waals surface area contributed by atoms with Gasteiger partial charge in [0.15, 0.2) is 0 Å². The van der Waals surface area contributed by atoms with E-state index in [0.717, 1.165) is 13.3 Å². The van der Waals surface area contributed by atoms with E-state index < -0.39 is 33.6 Å². The molecule has 0 amide bonds. The number of aromatic nitrogens is 1. The molecule has 2 N–H and O–H groups in total. The minimum atomic E-state index is -4.66. The Balaban J connectivity index is 3.03. The number of methoxy groups -OCH3 is 1. The van der Waals surface area contributed by atoms with Crippen molar-refractivity contribution in [1.82, 2.24) is 9.71 Å². The summed E-state index contributed by atoms with van der Waals surface area (Å²) in [4.78, 5) is 13.2. The second-order valence-electron chi connectivity index (χ2n) is 3.58. The van der Waals surface area contributed by atoms with Gasteiger partial charge in [0.05, 0.1) is 7.11 Å². The lowest BCUT2D eigenvalue weighted by atomic mass is 10.3. The minimum absolute atomic E-state index is 0.0125.